The lowest BCUT2D eigenvalue weighted by molar-refractivity contribution is -0.902. The number of halogens is 1. The number of hydrogen-bond acceptors (Lipinski definition) is 3. The lowest BCUT2D eigenvalue weighted by Crippen LogP contribution is -3.14. The third-order valence-corrected chi connectivity index (χ3v) is 6.00. The highest BCUT2D eigenvalue weighted by atomic mass is 35.5. The Kier molecular flexibility index (Phi) is 7.10. The van der Waals surface area contributed by atoms with Crippen LogP contribution in [0.5, 0.6) is 0 Å². The molecular formula is C17H27ClN3O3S+. The molecule has 0 atom stereocenters. The van der Waals surface area contributed by atoms with Gasteiger partial charge in [0.05, 0.1) is 44.7 Å². The Bertz CT molecular complexity index is 688. The first-order valence-electron chi connectivity index (χ1n) is 8.66. The number of benzene rings is 1. The summed E-state index contributed by atoms with van der Waals surface area (Å²) in [6.45, 7) is 7.05. The molecule has 0 spiro atoms. The van der Waals surface area contributed by atoms with Crippen LogP contribution in [0.2, 0.25) is 5.02 Å². The van der Waals surface area contributed by atoms with Gasteiger partial charge in [-0.3, -0.25) is 9.10 Å². The highest BCUT2D eigenvalue weighted by Crippen LogP contribution is 2.22. The van der Waals surface area contributed by atoms with Gasteiger partial charge < -0.3 is 9.80 Å². The molecule has 1 fully saturated rings. The number of rotatable bonds is 7. The molecule has 1 aromatic rings. The van der Waals surface area contributed by atoms with E-state index in [-0.39, 0.29) is 12.5 Å². The Balaban J connectivity index is 1.90. The second-order valence-corrected chi connectivity index (χ2v) is 8.75. The van der Waals surface area contributed by atoms with E-state index in [1.807, 2.05) is 4.90 Å². The monoisotopic (exact) mass is 388 g/mol. The first kappa shape index (κ1) is 20.0. The number of anilines is 1. The Morgan fingerprint density at radius 1 is 1.32 bits per heavy atom. The highest BCUT2D eigenvalue weighted by Gasteiger charge is 2.23. The number of carbonyl (C=O) groups is 1. The number of carbonyl (C=O) groups excluding carboxylic acids is 1. The summed E-state index contributed by atoms with van der Waals surface area (Å²) in [5.41, 5.74) is 0.530. The Labute approximate surface area is 155 Å². The van der Waals surface area contributed by atoms with Gasteiger partial charge in [0.1, 0.15) is 0 Å². The molecule has 1 amide bonds. The van der Waals surface area contributed by atoms with Crippen molar-refractivity contribution in [1.82, 2.24) is 4.90 Å². The van der Waals surface area contributed by atoms with Gasteiger partial charge in [0, 0.05) is 18.0 Å². The number of likely N-dealkylation sites (N-methyl/N-ethyl adjacent to an activating group) is 1. The fraction of sp³-hybridized carbons (Fsp3) is 0.588. The second kappa shape index (κ2) is 8.87. The zero-order valence-electron chi connectivity index (χ0n) is 14.9. The zero-order valence-corrected chi connectivity index (χ0v) is 16.4. The van der Waals surface area contributed by atoms with Crippen LogP contribution >= 0.6 is 11.6 Å². The fourth-order valence-corrected chi connectivity index (χ4v) is 4.22. The van der Waals surface area contributed by atoms with Gasteiger partial charge in [0.15, 0.2) is 0 Å². The van der Waals surface area contributed by atoms with Gasteiger partial charge in [0.2, 0.25) is 15.9 Å². The van der Waals surface area contributed by atoms with Crippen LogP contribution in [0.4, 0.5) is 5.69 Å². The van der Waals surface area contributed by atoms with Crippen LogP contribution in [-0.2, 0) is 14.8 Å². The SMILES string of the molecule is CC[NH+]1CCN(C(=O)CCCN(c2cccc(Cl)c2)S(C)(=O)=O)CC1. The molecule has 1 heterocycles. The Morgan fingerprint density at radius 3 is 2.56 bits per heavy atom. The summed E-state index contributed by atoms with van der Waals surface area (Å²) in [5, 5.41) is 0.485. The number of nitrogens with zero attached hydrogens (tertiary/aromatic N) is 2. The van der Waals surface area contributed by atoms with Crippen molar-refractivity contribution in [1.29, 1.82) is 0 Å². The minimum atomic E-state index is -3.42. The summed E-state index contributed by atoms with van der Waals surface area (Å²) < 4.78 is 25.5. The molecular weight excluding hydrogens is 362 g/mol. The largest absolute Gasteiger partial charge is 0.332 e. The van der Waals surface area contributed by atoms with Gasteiger partial charge in [0.25, 0.3) is 0 Å². The number of sulfonamides is 1. The molecule has 1 N–H and O–H groups in total. The summed E-state index contributed by atoms with van der Waals surface area (Å²) in [4.78, 5) is 15.8. The van der Waals surface area contributed by atoms with Gasteiger partial charge >= 0.3 is 0 Å². The van der Waals surface area contributed by atoms with Crippen molar-refractivity contribution in [2.24, 2.45) is 0 Å². The minimum Gasteiger partial charge on any atom is -0.332 e. The molecule has 0 aliphatic carbocycles. The summed E-state index contributed by atoms with van der Waals surface area (Å²) in [7, 11) is -3.42. The molecule has 1 aliphatic rings. The number of quaternary nitrogens is 1. The summed E-state index contributed by atoms with van der Waals surface area (Å²) in [6, 6.07) is 6.75. The van der Waals surface area contributed by atoms with Crippen molar-refractivity contribution < 1.29 is 18.1 Å². The number of amides is 1. The standard InChI is InChI=1S/C17H26ClN3O3S/c1-3-19-10-12-20(13-11-19)17(22)8-5-9-21(25(2,23)24)16-7-4-6-15(18)14-16/h4,6-7,14H,3,5,8-13H2,1-2H3/p+1. The van der Waals surface area contributed by atoms with Gasteiger partial charge in [-0.2, -0.15) is 0 Å². The van der Waals surface area contributed by atoms with Crippen LogP contribution in [0.15, 0.2) is 24.3 Å². The van der Waals surface area contributed by atoms with Crippen molar-refractivity contribution in [3.63, 3.8) is 0 Å². The zero-order chi connectivity index (χ0) is 18.4. The average molecular weight is 389 g/mol. The predicted molar refractivity (Wildman–Crippen MR) is 101 cm³/mol. The average Bonchev–Trinajstić information content (AvgIpc) is 2.57. The maximum Gasteiger partial charge on any atom is 0.232 e. The van der Waals surface area contributed by atoms with Crippen LogP contribution in [0.25, 0.3) is 0 Å². The van der Waals surface area contributed by atoms with Gasteiger partial charge in [-0.15, -0.1) is 0 Å². The quantitative estimate of drug-likeness (QED) is 0.745. The highest BCUT2D eigenvalue weighted by molar-refractivity contribution is 7.92. The van der Waals surface area contributed by atoms with E-state index in [0.717, 1.165) is 32.7 Å². The van der Waals surface area contributed by atoms with E-state index in [1.54, 1.807) is 24.3 Å². The van der Waals surface area contributed by atoms with Gasteiger partial charge in [-0.25, -0.2) is 8.42 Å². The lowest BCUT2D eigenvalue weighted by atomic mass is 10.2. The molecule has 25 heavy (non-hydrogen) atoms. The third kappa shape index (κ3) is 5.87. The topological polar surface area (TPSA) is 62.1 Å². The van der Waals surface area contributed by atoms with Crippen molar-refractivity contribution in [2.75, 3.05) is 49.8 Å². The van der Waals surface area contributed by atoms with Crippen LogP contribution in [0.3, 0.4) is 0 Å². The molecule has 0 aromatic heterocycles. The van der Waals surface area contributed by atoms with Crippen molar-refractivity contribution in [2.45, 2.75) is 19.8 Å². The maximum absolute atomic E-state index is 12.3. The number of hydrogen-bond donors (Lipinski definition) is 1. The molecule has 0 bridgehead atoms. The summed E-state index contributed by atoms with van der Waals surface area (Å²) in [5.74, 6) is 0.106. The van der Waals surface area contributed by atoms with Crippen molar-refractivity contribution in [3.8, 4) is 0 Å². The molecule has 0 radical (unpaired) electrons. The number of nitrogens with one attached hydrogen (secondary N) is 1. The molecule has 0 unspecified atom stereocenters. The first-order chi connectivity index (χ1) is 11.8. The van der Waals surface area contributed by atoms with E-state index in [9.17, 15) is 13.2 Å². The second-order valence-electron chi connectivity index (χ2n) is 6.40. The lowest BCUT2D eigenvalue weighted by Gasteiger charge is -2.32. The van der Waals surface area contributed by atoms with Crippen LogP contribution in [-0.4, -0.2) is 64.7 Å². The molecule has 8 heteroatoms. The maximum atomic E-state index is 12.3. The number of piperazine rings is 1. The van der Waals surface area contributed by atoms with E-state index in [0.29, 0.717) is 23.6 Å². The molecule has 1 saturated heterocycles. The first-order valence-corrected chi connectivity index (χ1v) is 10.9. The summed E-state index contributed by atoms with van der Waals surface area (Å²) in [6.07, 6.45) is 2.01. The van der Waals surface area contributed by atoms with Gasteiger partial charge in [-0.05, 0) is 31.5 Å². The molecule has 140 valence electrons. The smallest absolute Gasteiger partial charge is 0.232 e. The minimum absolute atomic E-state index is 0.106. The molecule has 6 nitrogen and oxygen atoms in total. The molecule has 1 aliphatic heterocycles. The predicted octanol–water partition coefficient (Wildman–Crippen LogP) is 0.633. The van der Waals surface area contributed by atoms with Crippen LogP contribution < -0.4 is 9.21 Å². The molecule has 1 aromatic carbocycles. The van der Waals surface area contributed by atoms with E-state index >= 15 is 0 Å². The Hall–Kier alpha value is -1.31. The van der Waals surface area contributed by atoms with Crippen molar-refractivity contribution in [3.05, 3.63) is 29.3 Å². The van der Waals surface area contributed by atoms with Crippen LogP contribution in [0.1, 0.15) is 19.8 Å². The molecule has 0 saturated carbocycles. The Morgan fingerprint density at radius 2 is 2.00 bits per heavy atom. The van der Waals surface area contributed by atoms with Crippen LogP contribution in [0, 0.1) is 0 Å². The van der Waals surface area contributed by atoms with E-state index in [2.05, 4.69) is 6.92 Å². The fourth-order valence-electron chi connectivity index (χ4n) is 3.08. The molecule has 2 rings (SSSR count). The van der Waals surface area contributed by atoms with E-state index in [4.69, 9.17) is 11.6 Å². The van der Waals surface area contributed by atoms with E-state index in [1.165, 1.54) is 15.5 Å². The van der Waals surface area contributed by atoms with E-state index < -0.39 is 10.0 Å². The van der Waals surface area contributed by atoms with Crippen molar-refractivity contribution >= 4 is 33.2 Å². The summed E-state index contributed by atoms with van der Waals surface area (Å²) >= 11 is 5.96. The van der Waals surface area contributed by atoms with Gasteiger partial charge in [-0.1, -0.05) is 17.7 Å². The third-order valence-electron chi connectivity index (χ3n) is 4.57. The normalized spacial score (nSPS) is 16.0.